The second-order valence-corrected chi connectivity index (χ2v) is 6.98. The number of aryl methyl sites for hydroxylation is 1. The molecule has 136 valence electrons. The van der Waals surface area contributed by atoms with Gasteiger partial charge in [-0.2, -0.15) is 0 Å². The lowest BCUT2D eigenvalue weighted by atomic mass is 10.1. The molecule has 2 aliphatic rings. The number of hydrogen-bond acceptors (Lipinski definition) is 3. The van der Waals surface area contributed by atoms with E-state index >= 15 is 0 Å². The quantitative estimate of drug-likeness (QED) is 0.886. The minimum Gasteiger partial charge on any atom is -0.357 e. The number of amides is 2. The molecule has 1 fully saturated rings. The Balaban J connectivity index is 1.29. The van der Waals surface area contributed by atoms with Crippen molar-refractivity contribution in [2.24, 2.45) is 0 Å². The predicted octanol–water partition coefficient (Wildman–Crippen LogP) is 3.31. The van der Waals surface area contributed by atoms with Crippen LogP contribution in [0.3, 0.4) is 0 Å². The Morgan fingerprint density at radius 2 is 2.08 bits per heavy atom. The van der Waals surface area contributed by atoms with Crippen LogP contribution in [0.1, 0.15) is 42.0 Å². The van der Waals surface area contributed by atoms with Crippen molar-refractivity contribution in [2.75, 3.05) is 18.0 Å². The average Bonchev–Trinajstić information content (AvgIpc) is 3.31. The summed E-state index contributed by atoms with van der Waals surface area (Å²) in [5.74, 6) is 0.782. The molecular formula is C20H23FN4O. The van der Waals surface area contributed by atoms with Gasteiger partial charge in [0.2, 0.25) is 0 Å². The summed E-state index contributed by atoms with van der Waals surface area (Å²) in [5, 5.41) is 5.86. The summed E-state index contributed by atoms with van der Waals surface area (Å²) < 4.78 is 13.3. The van der Waals surface area contributed by atoms with Gasteiger partial charge in [-0.3, -0.25) is 0 Å². The van der Waals surface area contributed by atoms with E-state index in [9.17, 15) is 9.18 Å². The van der Waals surface area contributed by atoms with Crippen molar-refractivity contribution in [3.05, 3.63) is 59.0 Å². The molecule has 4 rings (SSSR count). The summed E-state index contributed by atoms with van der Waals surface area (Å²) in [6.45, 7) is 2.57. The maximum atomic E-state index is 13.3. The highest BCUT2D eigenvalue weighted by molar-refractivity contribution is 5.74. The molecular weight excluding hydrogens is 331 g/mol. The molecule has 1 saturated heterocycles. The number of hydrogen-bond donors (Lipinski definition) is 2. The van der Waals surface area contributed by atoms with Gasteiger partial charge in [0.15, 0.2) is 0 Å². The van der Waals surface area contributed by atoms with Crippen LogP contribution >= 0.6 is 0 Å². The van der Waals surface area contributed by atoms with Crippen LogP contribution in [-0.2, 0) is 13.0 Å². The van der Waals surface area contributed by atoms with E-state index in [1.165, 1.54) is 18.9 Å². The van der Waals surface area contributed by atoms with Gasteiger partial charge in [-0.15, -0.1) is 0 Å². The highest BCUT2D eigenvalue weighted by atomic mass is 19.1. The highest BCUT2D eigenvalue weighted by Gasteiger charge is 2.24. The Morgan fingerprint density at radius 1 is 1.23 bits per heavy atom. The van der Waals surface area contributed by atoms with E-state index in [4.69, 9.17) is 0 Å². The number of aromatic nitrogens is 1. The van der Waals surface area contributed by atoms with Gasteiger partial charge in [0.25, 0.3) is 0 Å². The van der Waals surface area contributed by atoms with Crippen LogP contribution in [0.15, 0.2) is 36.5 Å². The minimum atomic E-state index is -0.223. The van der Waals surface area contributed by atoms with Crippen molar-refractivity contribution >= 4 is 11.8 Å². The number of halogens is 1. The fraction of sp³-hybridized carbons (Fsp3) is 0.400. The van der Waals surface area contributed by atoms with Crippen LogP contribution in [0.2, 0.25) is 0 Å². The Morgan fingerprint density at radius 3 is 2.85 bits per heavy atom. The Labute approximate surface area is 152 Å². The first kappa shape index (κ1) is 16.8. The normalized spacial score (nSPS) is 18.7. The van der Waals surface area contributed by atoms with Gasteiger partial charge in [0.05, 0.1) is 6.04 Å². The smallest absolute Gasteiger partial charge is 0.315 e. The number of anilines is 1. The standard InChI is InChI=1S/C20H23FN4O/c21-16-5-6-17-15(11-16)4-7-18(17)24-20(26)23-13-14-3-8-19(22-12-14)25-9-1-2-10-25/h3,5-6,8,11-12,18H,1-2,4,7,9-10,13H2,(H2,23,24,26). The van der Waals surface area contributed by atoms with Crippen molar-refractivity contribution in [1.82, 2.24) is 15.6 Å². The molecule has 1 aliphatic carbocycles. The molecule has 0 spiro atoms. The van der Waals surface area contributed by atoms with Crippen LogP contribution < -0.4 is 15.5 Å². The summed E-state index contributed by atoms with van der Waals surface area (Å²) >= 11 is 0. The lowest BCUT2D eigenvalue weighted by molar-refractivity contribution is 0.236. The molecule has 2 aromatic rings. The molecule has 1 atom stereocenters. The molecule has 2 amide bonds. The summed E-state index contributed by atoms with van der Waals surface area (Å²) in [7, 11) is 0. The van der Waals surface area contributed by atoms with Gasteiger partial charge >= 0.3 is 6.03 Å². The Hall–Kier alpha value is -2.63. The molecule has 1 aliphatic heterocycles. The molecule has 1 unspecified atom stereocenters. The van der Waals surface area contributed by atoms with Crippen molar-refractivity contribution in [3.8, 4) is 0 Å². The molecule has 2 N–H and O–H groups in total. The van der Waals surface area contributed by atoms with Gasteiger partial charge in [0, 0.05) is 25.8 Å². The maximum absolute atomic E-state index is 13.3. The number of carbonyl (C=O) groups excluding carboxylic acids is 1. The molecule has 5 nitrogen and oxygen atoms in total. The van der Waals surface area contributed by atoms with E-state index in [0.717, 1.165) is 48.4 Å². The molecule has 0 bridgehead atoms. The third-order valence-electron chi connectivity index (χ3n) is 5.18. The highest BCUT2D eigenvalue weighted by Crippen LogP contribution is 2.31. The van der Waals surface area contributed by atoms with Crippen molar-refractivity contribution in [3.63, 3.8) is 0 Å². The second-order valence-electron chi connectivity index (χ2n) is 6.98. The van der Waals surface area contributed by atoms with E-state index in [1.807, 2.05) is 18.3 Å². The summed E-state index contributed by atoms with van der Waals surface area (Å²) in [4.78, 5) is 19.0. The first-order valence-corrected chi connectivity index (χ1v) is 9.21. The molecule has 1 aromatic heterocycles. The summed E-state index contributed by atoms with van der Waals surface area (Å²) in [5.41, 5.74) is 2.96. The molecule has 1 aromatic carbocycles. The average molecular weight is 354 g/mol. The summed E-state index contributed by atoms with van der Waals surface area (Å²) in [6, 6.07) is 8.53. The predicted molar refractivity (Wildman–Crippen MR) is 98.5 cm³/mol. The number of urea groups is 1. The van der Waals surface area contributed by atoms with Gasteiger partial charge in [-0.1, -0.05) is 12.1 Å². The topological polar surface area (TPSA) is 57.3 Å². The lowest BCUT2D eigenvalue weighted by Gasteiger charge is -2.17. The number of pyridine rings is 1. The number of carbonyl (C=O) groups is 1. The Bertz CT molecular complexity index is 787. The van der Waals surface area contributed by atoms with Crippen molar-refractivity contribution in [2.45, 2.75) is 38.3 Å². The third kappa shape index (κ3) is 3.64. The SMILES string of the molecule is O=C(NCc1ccc(N2CCCC2)nc1)NC1CCc2cc(F)ccc21. The minimum absolute atomic E-state index is 0.0544. The first-order valence-electron chi connectivity index (χ1n) is 9.21. The fourth-order valence-corrected chi connectivity index (χ4v) is 3.78. The number of fused-ring (bicyclic) bond motifs is 1. The van der Waals surface area contributed by atoms with Gasteiger partial charge in [0.1, 0.15) is 11.6 Å². The molecule has 26 heavy (non-hydrogen) atoms. The van der Waals surface area contributed by atoms with Crippen LogP contribution in [0.5, 0.6) is 0 Å². The molecule has 0 radical (unpaired) electrons. The molecule has 0 saturated carbocycles. The first-order chi connectivity index (χ1) is 12.7. The van der Waals surface area contributed by atoms with E-state index in [2.05, 4.69) is 20.5 Å². The largest absolute Gasteiger partial charge is 0.357 e. The van der Waals surface area contributed by atoms with Crippen LogP contribution in [0.4, 0.5) is 15.0 Å². The maximum Gasteiger partial charge on any atom is 0.315 e. The molecule has 2 heterocycles. The zero-order valence-corrected chi connectivity index (χ0v) is 14.7. The zero-order chi connectivity index (χ0) is 17.9. The lowest BCUT2D eigenvalue weighted by Crippen LogP contribution is -2.37. The monoisotopic (exact) mass is 354 g/mol. The summed E-state index contributed by atoms with van der Waals surface area (Å²) in [6.07, 6.45) is 5.87. The van der Waals surface area contributed by atoms with Gasteiger partial charge in [-0.05, 0) is 60.6 Å². The number of nitrogens with zero attached hydrogens (tertiary/aromatic N) is 2. The van der Waals surface area contributed by atoms with Crippen molar-refractivity contribution in [1.29, 1.82) is 0 Å². The van der Waals surface area contributed by atoms with E-state index in [1.54, 1.807) is 12.1 Å². The van der Waals surface area contributed by atoms with E-state index < -0.39 is 0 Å². The number of nitrogens with one attached hydrogen (secondary N) is 2. The van der Waals surface area contributed by atoms with Crippen LogP contribution in [0, 0.1) is 5.82 Å². The molecule has 6 heteroatoms. The second kappa shape index (κ2) is 7.32. The van der Waals surface area contributed by atoms with Gasteiger partial charge in [-0.25, -0.2) is 14.2 Å². The third-order valence-corrected chi connectivity index (χ3v) is 5.18. The van der Waals surface area contributed by atoms with Crippen LogP contribution in [-0.4, -0.2) is 24.1 Å². The number of rotatable bonds is 4. The number of benzene rings is 1. The van der Waals surface area contributed by atoms with Gasteiger partial charge < -0.3 is 15.5 Å². The zero-order valence-electron chi connectivity index (χ0n) is 14.7. The Kier molecular flexibility index (Phi) is 4.73. The van der Waals surface area contributed by atoms with E-state index in [0.29, 0.717) is 6.54 Å². The van der Waals surface area contributed by atoms with Crippen LogP contribution in [0.25, 0.3) is 0 Å². The van der Waals surface area contributed by atoms with Crippen molar-refractivity contribution < 1.29 is 9.18 Å². The fourth-order valence-electron chi connectivity index (χ4n) is 3.78. The van der Waals surface area contributed by atoms with E-state index in [-0.39, 0.29) is 17.9 Å².